The third-order valence-corrected chi connectivity index (χ3v) is 2.82. The van der Waals surface area contributed by atoms with E-state index in [1.807, 2.05) is 0 Å². The Kier molecular flexibility index (Phi) is 3.08. The van der Waals surface area contributed by atoms with Crippen LogP contribution in [0.3, 0.4) is 0 Å². The fourth-order valence-electron chi connectivity index (χ4n) is 1.45. The molecule has 1 aromatic heterocycles. The van der Waals surface area contributed by atoms with Gasteiger partial charge in [-0.25, -0.2) is 9.37 Å². The minimum Gasteiger partial charge on any atom is -0.285 e. The molecule has 0 fully saturated rings. The zero-order valence-corrected chi connectivity index (χ0v) is 10.3. The third-order valence-electron chi connectivity index (χ3n) is 2.21. The van der Waals surface area contributed by atoms with Gasteiger partial charge in [0, 0.05) is 24.5 Å². The third kappa shape index (κ3) is 1.96. The molecule has 0 atom stereocenters. The van der Waals surface area contributed by atoms with Crippen molar-refractivity contribution in [3.63, 3.8) is 0 Å². The van der Waals surface area contributed by atoms with Crippen LogP contribution in [0.5, 0.6) is 0 Å². The Balaban J connectivity index is 2.75. The second-order valence-electron chi connectivity index (χ2n) is 3.24. The van der Waals surface area contributed by atoms with Crippen molar-refractivity contribution in [3.05, 3.63) is 50.8 Å². The van der Waals surface area contributed by atoms with Gasteiger partial charge in [0.05, 0.1) is 9.40 Å². The smallest absolute Gasteiger partial charge is 0.285 e. The van der Waals surface area contributed by atoms with E-state index in [2.05, 4.69) is 20.9 Å². The Morgan fingerprint density at radius 2 is 2.28 bits per heavy atom. The molecule has 2 rings (SSSR count). The highest BCUT2D eigenvalue weighted by Crippen LogP contribution is 2.29. The van der Waals surface area contributed by atoms with Crippen LogP contribution in [0.25, 0.3) is 5.69 Å². The average molecular weight is 311 g/mol. The van der Waals surface area contributed by atoms with Gasteiger partial charge in [-0.1, -0.05) is 0 Å². The Morgan fingerprint density at radius 3 is 2.89 bits per heavy atom. The minimum atomic E-state index is -0.659. The molecule has 0 unspecified atom stereocenters. The van der Waals surface area contributed by atoms with E-state index >= 15 is 0 Å². The van der Waals surface area contributed by atoms with Gasteiger partial charge in [0.2, 0.25) is 5.82 Å². The van der Waals surface area contributed by atoms with E-state index in [1.54, 1.807) is 6.07 Å². The monoisotopic (exact) mass is 310 g/mol. The standard InChI is InChI=1S/C10H4BrFN4O2/c11-6-3-9(16(17)18)8(4-7(6)12)15-2-1-14-10(15)5-13/h1-4H. The molecular formula is C10H4BrFN4O2. The maximum absolute atomic E-state index is 13.5. The lowest BCUT2D eigenvalue weighted by molar-refractivity contribution is -0.384. The quantitative estimate of drug-likeness (QED) is 0.630. The maximum Gasteiger partial charge on any atom is 0.294 e. The lowest BCUT2D eigenvalue weighted by atomic mass is 10.2. The number of hydrogen-bond acceptors (Lipinski definition) is 4. The number of nitrogens with zero attached hydrogens (tertiary/aromatic N) is 4. The number of nitriles is 1. The first-order chi connectivity index (χ1) is 8.54. The van der Waals surface area contributed by atoms with Gasteiger partial charge in [-0.05, 0) is 15.9 Å². The molecule has 1 aromatic carbocycles. The van der Waals surface area contributed by atoms with Crippen molar-refractivity contribution in [2.24, 2.45) is 0 Å². The molecule has 0 amide bonds. The summed E-state index contributed by atoms with van der Waals surface area (Å²) in [5.41, 5.74) is -0.368. The first kappa shape index (κ1) is 12.2. The number of rotatable bonds is 2. The number of aromatic nitrogens is 2. The molecule has 2 aromatic rings. The predicted molar refractivity (Wildman–Crippen MR) is 62.6 cm³/mol. The van der Waals surface area contributed by atoms with E-state index in [4.69, 9.17) is 5.26 Å². The van der Waals surface area contributed by atoms with E-state index < -0.39 is 10.7 Å². The molecule has 1 heterocycles. The van der Waals surface area contributed by atoms with Crippen molar-refractivity contribution < 1.29 is 9.31 Å². The molecule has 0 saturated heterocycles. The summed E-state index contributed by atoms with van der Waals surface area (Å²) in [5.74, 6) is -0.715. The summed E-state index contributed by atoms with van der Waals surface area (Å²) in [7, 11) is 0. The molecule has 0 radical (unpaired) electrons. The van der Waals surface area contributed by atoms with Crippen LogP contribution in [0.15, 0.2) is 29.0 Å². The molecule has 8 heteroatoms. The molecule has 0 aliphatic heterocycles. The minimum absolute atomic E-state index is 0.0171. The summed E-state index contributed by atoms with van der Waals surface area (Å²) in [6.07, 6.45) is 2.66. The van der Waals surface area contributed by atoms with Crippen molar-refractivity contribution in [1.82, 2.24) is 9.55 Å². The number of nitro benzene ring substituents is 1. The predicted octanol–water partition coefficient (Wildman–Crippen LogP) is 2.55. The van der Waals surface area contributed by atoms with Gasteiger partial charge in [0.15, 0.2) is 0 Å². The fraction of sp³-hybridized carbons (Fsp3) is 0. The van der Waals surface area contributed by atoms with Crippen molar-refractivity contribution in [3.8, 4) is 11.8 Å². The van der Waals surface area contributed by atoms with Gasteiger partial charge in [-0.15, -0.1) is 0 Å². The fourth-order valence-corrected chi connectivity index (χ4v) is 1.78. The summed E-state index contributed by atoms with van der Waals surface area (Å²) in [5, 5.41) is 19.7. The normalized spacial score (nSPS) is 10.1. The average Bonchev–Trinajstić information content (AvgIpc) is 2.79. The van der Waals surface area contributed by atoms with Crippen LogP contribution < -0.4 is 0 Å². The number of nitro groups is 1. The topological polar surface area (TPSA) is 84.8 Å². The first-order valence-corrected chi connectivity index (χ1v) is 5.41. The zero-order chi connectivity index (χ0) is 13.3. The molecule has 90 valence electrons. The molecule has 18 heavy (non-hydrogen) atoms. The number of imidazole rings is 1. The Hall–Kier alpha value is -2.27. The number of halogens is 2. The summed E-state index contributed by atoms with van der Waals surface area (Å²) in [4.78, 5) is 14.0. The SMILES string of the molecule is N#Cc1nccn1-c1cc(F)c(Br)cc1[N+](=O)[O-]. The number of hydrogen-bond donors (Lipinski definition) is 0. The Bertz CT molecular complexity index is 677. The van der Waals surface area contributed by atoms with Crippen LogP contribution in [0.2, 0.25) is 0 Å². The largest absolute Gasteiger partial charge is 0.294 e. The molecule has 0 N–H and O–H groups in total. The Morgan fingerprint density at radius 1 is 1.56 bits per heavy atom. The van der Waals surface area contributed by atoms with Crippen molar-refractivity contribution >= 4 is 21.6 Å². The van der Waals surface area contributed by atoms with E-state index in [-0.39, 0.29) is 21.7 Å². The molecule has 6 nitrogen and oxygen atoms in total. The second-order valence-corrected chi connectivity index (χ2v) is 4.10. The van der Waals surface area contributed by atoms with E-state index in [0.29, 0.717) is 0 Å². The maximum atomic E-state index is 13.5. The van der Waals surface area contributed by atoms with Crippen LogP contribution in [0, 0.1) is 27.3 Å². The second kappa shape index (κ2) is 4.54. The van der Waals surface area contributed by atoms with Gasteiger partial charge in [0.1, 0.15) is 17.6 Å². The van der Waals surface area contributed by atoms with Crippen LogP contribution >= 0.6 is 15.9 Å². The van der Waals surface area contributed by atoms with Crippen LogP contribution in [0.4, 0.5) is 10.1 Å². The van der Waals surface area contributed by atoms with Crippen LogP contribution in [0.1, 0.15) is 5.82 Å². The number of benzene rings is 1. The van der Waals surface area contributed by atoms with Gasteiger partial charge in [0.25, 0.3) is 5.69 Å². The Labute approximate surface area is 109 Å². The summed E-state index contributed by atoms with van der Waals surface area (Å²) >= 11 is 2.88. The molecule has 0 saturated carbocycles. The van der Waals surface area contributed by atoms with Gasteiger partial charge in [-0.2, -0.15) is 5.26 Å². The molecule has 0 aliphatic carbocycles. The molecular weight excluding hydrogens is 307 g/mol. The van der Waals surface area contributed by atoms with Crippen molar-refractivity contribution in [2.75, 3.05) is 0 Å². The molecule has 0 spiro atoms. The van der Waals surface area contributed by atoms with E-state index in [9.17, 15) is 14.5 Å². The highest BCUT2D eigenvalue weighted by molar-refractivity contribution is 9.10. The summed E-state index contributed by atoms with van der Waals surface area (Å²) < 4.78 is 14.6. The van der Waals surface area contributed by atoms with Gasteiger partial charge < -0.3 is 0 Å². The highest BCUT2D eigenvalue weighted by Gasteiger charge is 2.20. The highest BCUT2D eigenvalue weighted by atomic mass is 79.9. The lowest BCUT2D eigenvalue weighted by Gasteiger charge is -2.06. The van der Waals surface area contributed by atoms with Gasteiger partial charge in [-0.3, -0.25) is 14.7 Å². The van der Waals surface area contributed by atoms with E-state index in [0.717, 1.165) is 16.7 Å². The summed E-state index contributed by atoms with van der Waals surface area (Å²) in [6, 6.07) is 3.79. The molecule has 0 bridgehead atoms. The summed E-state index contributed by atoms with van der Waals surface area (Å²) in [6.45, 7) is 0. The molecule has 0 aliphatic rings. The van der Waals surface area contributed by atoms with Crippen LogP contribution in [-0.4, -0.2) is 14.5 Å². The first-order valence-electron chi connectivity index (χ1n) is 4.62. The van der Waals surface area contributed by atoms with Crippen molar-refractivity contribution in [2.45, 2.75) is 0 Å². The zero-order valence-electron chi connectivity index (χ0n) is 8.67. The van der Waals surface area contributed by atoms with Gasteiger partial charge >= 0.3 is 0 Å². The lowest BCUT2D eigenvalue weighted by Crippen LogP contribution is -2.03. The van der Waals surface area contributed by atoms with Crippen LogP contribution in [-0.2, 0) is 0 Å². The van der Waals surface area contributed by atoms with E-state index in [1.165, 1.54) is 12.4 Å². The van der Waals surface area contributed by atoms with Crippen molar-refractivity contribution in [1.29, 1.82) is 5.26 Å².